The van der Waals surface area contributed by atoms with E-state index in [1.807, 2.05) is 45.0 Å². The number of carbonyl (C=O) groups excluding carboxylic acids is 2. The summed E-state index contributed by atoms with van der Waals surface area (Å²) < 4.78 is 91.8. The van der Waals surface area contributed by atoms with Crippen molar-refractivity contribution in [3.8, 4) is 0 Å². The van der Waals surface area contributed by atoms with E-state index >= 15 is 0 Å². The first-order valence-electron chi connectivity index (χ1n) is 17.9. The number of halogens is 2. The van der Waals surface area contributed by atoms with Gasteiger partial charge in [0.15, 0.2) is 9.84 Å². The van der Waals surface area contributed by atoms with Crippen LogP contribution in [0.4, 0.5) is 13.6 Å². The minimum absolute atomic E-state index is 0.00181. The third kappa shape index (κ3) is 14.0. The van der Waals surface area contributed by atoms with Crippen LogP contribution in [0.1, 0.15) is 76.0 Å². The molecule has 4 N–H and O–H groups in total. The largest absolute Gasteiger partial charge is 0.458 e. The SMILES string of the molecule is CCCC(CCC)S(=O)(=O)C[C@H](NC(=O)OC1CCN(S(C)(=O)=O)CC1)C(=O)O[C@H](CNCc1cccc(CC)c1)[C@@H](N)Cc1cc(F)cc(F)c1. The Morgan fingerprint density at radius 2 is 1.56 bits per heavy atom. The quantitative estimate of drug-likeness (QED) is 0.167. The lowest BCUT2D eigenvalue weighted by Crippen LogP contribution is -2.53. The number of esters is 1. The molecule has 1 aliphatic heterocycles. The smallest absolute Gasteiger partial charge is 0.408 e. The number of carbonyl (C=O) groups is 2. The van der Waals surface area contributed by atoms with Crippen LogP contribution in [0.2, 0.25) is 0 Å². The minimum Gasteiger partial charge on any atom is -0.458 e. The Balaban J connectivity index is 1.84. The predicted octanol–water partition coefficient (Wildman–Crippen LogP) is 4.00. The van der Waals surface area contributed by atoms with E-state index in [2.05, 4.69) is 10.6 Å². The molecule has 292 valence electrons. The minimum atomic E-state index is -3.94. The first kappa shape index (κ1) is 43.2. The number of piperidine rings is 1. The van der Waals surface area contributed by atoms with Gasteiger partial charge in [0.1, 0.15) is 29.9 Å². The lowest BCUT2D eigenvalue weighted by Gasteiger charge is -2.31. The van der Waals surface area contributed by atoms with Crippen LogP contribution in [0, 0.1) is 11.6 Å². The van der Waals surface area contributed by atoms with Gasteiger partial charge in [0.2, 0.25) is 10.0 Å². The van der Waals surface area contributed by atoms with Gasteiger partial charge in [-0.2, -0.15) is 0 Å². The Labute approximate surface area is 307 Å². The highest BCUT2D eigenvalue weighted by Gasteiger charge is 2.36. The van der Waals surface area contributed by atoms with E-state index in [1.54, 1.807) is 0 Å². The topological polar surface area (TPSA) is 174 Å². The molecule has 12 nitrogen and oxygen atoms in total. The van der Waals surface area contributed by atoms with E-state index in [4.69, 9.17) is 15.2 Å². The Kier molecular flexibility index (Phi) is 16.9. The molecule has 0 radical (unpaired) electrons. The molecular weight excluding hydrogens is 719 g/mol. The second kappa shape index (κ2) is 20.3. The van der Waals surface area contributed by atoms with Gasteiger partial charge < -0.3 is 25.8 Å². The summed E-state index contributed by atoms with van der Waals surface area (Å²) in [6.45, 7) is 6.39. The fourth-order valence-electron chi connectivity index (χ4n) is 6.26. The van der Waals surface area contributed by atoms with Crippen molar-refractivity contribution in [2.45, 2.75) is 108 Å². The molecule has 0 aliphatic carbocycles. The van der Waals surface area contributed by atoms with Gasteiger partial charge in [0.25, 0.3) is 0 Å². The number of rotatable bonds is 20. The molecule has 0 aromatic heterocycles. The Hall–Kier alpha value is -3.18. The van der Waals surface area contributed by atoms with Gasteiger partial charge in [0.05, 0.1) is 17.3 Å². The van der Waals surface area contributed by atoms with Crippen molar-refractivity contribution in [3.05, 3.63) is 70.8 Å². The second-order valence-corrected chi connectivity index (χ2v) is 17.7. The highest BCUT2D eigenvalue weighted by molar-refractivity contribution is 7.92. The lowest BCUT2D eigenvalue weighted by molar-refractivity contribution is -0.151. The van der Waals surface area contributed by atoms with Crippen molar-refractivity contribution < 1.29 is 44.7 Å². The normalized spacial score (nSPS) is 16.3. The summed E-state index contributed by atoms with van der Waals surface area (Å²) in [5, 5.41) is 4.86. The Morgan fingerprint density at radius 1 is 0.942 bits per heavy atom. The lowest BCUT2D eigenvalue weighted by atomic mass is 10.0. The number of hydrogen-bond donors (Lipinski definition) is 3. The van der Waals surface area contributed by atoms with Crippen LogP contribution in [0.25, 0.3) is 0 Å². The number of nitrogens with one attached hydrogen (secondary N) is 2. The maximum atomic E-state index is 14.0. The Bertz CT molecular complexity index is 1660. The molecule has 0 unspecified atom stereocenters. The van der Waals surface area contributed by atoms with Gasteiger partial charge in [-0.25, -0.2) is 39.5 Å². The molecular formula is C36H54F2N4O8S2. The number of nitrogens with two attached hydrogens (primary N) is 1. The zero-order chi connectivity index (χ0) is 38.5. The van der Waals surface area contributed by atoms with E-state index in [9.17, 15) is 35.2 Å². The maximum Gasteiger partial charge on any atom is 0.408 e. The zero-order valence-electron chi connectivity index (χ0n) is 30.5. The summed E-state index contributed by atoms with van der Waals surface area (Å²) in [5.74, 6) is -3.42. The van der Waals surface area contributed by atoms with Crippen molar-refractivity contribution in [1.29, 1.82) is 0 Å². The molecule has 0 bridgehead atoms. The van der Waals surface area contributed by atoms with E-state index in [0.29, 0.717) is 32.2 Å². The average molecular weight is 773 g/mol. The van der Waals surface area contributed by atoms with Crippen LogP contribution in [0.15, 0.2) is 42.5 Å². The maximum absolute atomic E-state index is 14.0. The van der Waals surface area contributed by atoms with Gasteiger partial charge >= 0.3 is 12.1 Å². The molecule has 3 rings (SSSR count). The summed E-state index contributed by atoms with van der Waals surface area (Å²) in [4.78, 5) is 27.0. The van der Waals surface area contributed by atoms with Gasteiger partial charge in [-0.3, -0.25) is 0 Å². The number of hydrogen-bond acceptors (Lipinski definition) is 10. The summed E-state index contributed by atoms with van der Waals surface area (Å²) in [7, 11) is -7.36. The monoisotopic (exact) mass is 772 g/mol. The van der Waals surface area contributed by atoms with Crippen LogP contribution in [0.5, 0.6) is 0 Å². The van der Waals surface area contributed by atoms with E-state index in [-0.39, 0.29) is 44.5 Å². The number of sulfone groups is 1. The van der Waals surface area contributed by atoms with Crippen molar-refractivity contribution >= 4 is 31.9 Å². The number of benzene rings is 2. The molecule has 16 heteroatoms. The molecule has 0 spiro atoms. The van der Waals surface area contributed by atoms with Crippen molar-refractivity contribution in [3.63, 3.8) is 0 Å². The van der Waals surface area contributed by atoms with Crippen LogP contribution in [0.3, 0.4) is 0 Å². The molecule has 0 saturated carbocycles. The third-order valence-corrected chi connectivity index (χ3v) is 12.6. The summed E-state index contributed by atoms with van der Waals surface area (Å²) in [6.07, 6.45) is 1.35. The number of ether oxygens (including phenoxy) is 2. The number of nitrogens with zero attached hydrogens (tertiary/aromatic N) is 1. The predicted molar refractivity (Wildman–Crippen MR) is 196 cm³/mol. The van der Waals surface area contributed by atoms with Gasteiger partial charge in [-0.15, -0.1) is 0 Å². The fourth-order valence-corrected chi connectivity index (χ4v) is 9.28. The standard InChI is InChI=1S/C36H54F2N4O8S2/c1-5-9-31(10-6-2)52(47,48)24-33(41-36(44)49-30-13-15-42(16-14-30)51(4,45)46)35(43)50-34(23-40-22-26-12-8-11-25(7-3)17-26)32(39)20-27-18-28(37)21-29(38)19-27/h8,11-12,17-19,21,30-34,40H,5-7,9-10,13-16,20,22-24,39H2,1-4H3,(H,41,44)/t32-,33-,34+/m0/s1. The molecule has 3 atom stereocenters. The van der Waals surface area contributed by atoms with Gasteiger partial charge in [-0.1, -0.05) is 57.9 Å². The fraction of sp³-hybridized carbons (Fsp3) is 0.611. The van der Waals surface area contributed by atoms with Crippen molar-refractivity contribution in [1.82, 2.24) is 14.9 Å². The first-order chi connectivity index (χ1) is 24.5. The molecule has 1 heterocycles. The summed E-state index contributed by atoms with van der Waals surface area (Å²) in [6, 6.07) is 8.19. The third-order valence-electron chi connectivity index (χ3n) is 9.06. The number of alkyl carbamates (subject to hydrolysis) is 1. The van der Waals surface area contributed by atoms with Crippen LogP contribution < -0.4 is 16.4 Å². The van der Waals surface area contributed by atoms with Gasteiger partial charge in [0, 0.05) is 38.3 Å². The number of amides is 1. The second-order valence-electron chi connectivity index (χ2n) is 13.4. The molecule has 1 fully saturated rings. The molecule has 2 aromatic carbocycles. The van der Waals surface area contributed by atoms with E-state index in [0.717, 1.165) is 42.0 Å². The summed E-state index contributed by atoms with van der Waals surface area (Å²) >= 11 is 0. The van der Waals surface area contributed by atoms with Crippen LogP contribution >= 0.6 is 0 Å². The molecule has 2 aromatic rings. The molecule has 52 heavy (non-hydrogen) atoms. The number of aryl methyl sites for hydroxylation is 1. The van der Waals surface area contributed by atoms with Crippen molar-refractivity contribution in [2.24, 2.45) is 5.73 Å². The highest BCUT2D eigenvalue weighted by atomic mass is 32.2. The van der Waals surface area contributed by atoms with E-state index in [1.165, 1.54) is 4.31 Å². The Morgan fingerprint density at radius 3 is 2.13 bits per heavy atom. The molecule has 1 aliphatic rings. The first-order valence-corrected chi connectivity index (χ1v) is 21.4. The summed E-state index contributed by atoms with van der Waals surface area (Å²) in [5.41, 5.74) is 8.82. The van der Waals surface area contributed by atoms with Crippen molar-refractivity contribution in [2.75, 3.05) is 31.6 Å². The van der Waals surface area contributed by atoms with Crippen LogP contribution in [-0.4, -0.2) is 94.4 Å². The van der Waals surface area contributed by atoms with Gasteiger partial charge in [-0.05, 0) is 67.3 Å². The van der Waals surface area contributed by atoms with E-state index < -0.39 is 78.9 Å². The zero-order valence-corrected chi connectivity index (χ0v) is 32.1. The highest BCUT2D eigenvalue weighted by Crippen LogP contribution is 2.20. The number of sulfonamides is 1. The molecule has 1 amide bonds. The average Bonchev–Trinajstić information content (AvgIpc) is 3.06. The molecule has 1 saturated heterocycles. The van der Waals surface area contributed by atoms with Crippen LogP contribution in [-0.2, 0) is 53.5 Å².